The fraction of sp³-hybridized carbons (Fsp3) is 0.143. The van der Waals surface area contributed by atoms with Crippen LogP contribution in [-0.4, -0.2) is 15.6 Å². The molecule has 0 aliphatic heterocycles. The molecule has 0 aromatic heterocycles. The molecule has 5 heteroatoms. The Bertz CT molecular complexity index is 316. The van der Waals surface area contributed by atoms with Gasteiger partial charge >= 0.3 is 0 Å². The van der Waals surface area contributed by atoms with Crippen LogP contribution >= 0.6 is 0 Å². The Kier molecular flexibility index (Phi) is 2.65. The first kappa shape index (κ1) is 8.99. The van der Waals surface area contributed by atoms with Crippen LogP contribution in [-0.2, 0) is 11.0 Å². The van der Waals surface area contributed by atoms with Crippen LogP contribution in [0.3, 0.4) is 0 Å². The maximum atomic E-state index is 12.9. The number of rotatable bonds is 2. The summed E-state index contributed by atoms with van der Waals surface area (Å²) in [6.07, 6.45) is 1.40. The number of hydrogen-bond acceptors (Lipinski definition) is 2. The van der Waals surface area contributed by atoms with Crippen LogP contribution in [0, 0.1) is 5.82 Å². The van der Waals surface area contributed by atoms with Crippen molar-refractivity contribution in [3.8, 4) is 5.75 Å². The molecule has 1 aromatic carbocycles. The lowest BCUT2D eigenvalue weighted by Crippen LogP contribution is -2.02. The van der Waals surface area contributed by atoms with Crippen molar-refractivity contribution in [1.29, 1.82) is 0 Å². The lowest BCUT2D eigenvalue weighted by atomic mass is 10.3. The number of hydrogen-bond donors (Lipinski definition) is 2. The summed E-state index contributed by atoms with van der Waals surface area (Å²) in [6, 6.07) is 3.60. The summed E-state index contributed by atoms with van der Waals surface area (Å²) in [6.45, 7) is 0. The predicted molar refractivity (Wildman–Crippen MR) is 45.8 cm³/mol. The Morgan fingerprint density at radius 2 is 2.25 bits per heavy atom. The summed E-state index contributed by atoms with van der Waals surface area (Å²) in [4.78, 5) is 0. The molecule has 2 N–H and O–H groups in total. The molecule has 1 rings (SSSR count). The standard InChI is InChI=1S/C7H8FNO2S/c1-12(11)9-7-3-2-5(10)4-6(7)8/h2-4,9-10H,1H3. The highest BCUT2D eigenvalue weighted by molar-refractivity contribution is 7.85. The Balaban J connectivity index is 2.93. The molecule has 3 nitrogen and oxygen atoms in total. The normalized spacial score (nSPS) is 12.5. The molecule has 0 aliphatic rings. The molecule has 0 aliphatic carbocycles. The maximum Gasteiger partial charge on any atom is 0.150 e. The van der Waals surface area contributed by atoms with Crippen LogP contribution in [0.25, 0.3) is 0 Å². The van der Waals surface area contributed by atoms with E-state index in [1.54, 1.807) is 0 Å². The maximum absolute atomic E-state index is 12.9. The molecule has 0 radical (unpaired) electrons. The molecule has 0 amide bonds. The van der Waals surface area contributed by atoms with E-state index in [2.05, 4.69) is 4.72 Å². The van der Waals surface area contributed by atoms with Crippen LogP contribution in [0.2, 0.25) is 0 Å². The van der Waals surface area contributed by atoms with Gasteiger partial charge in [-0.2, -0.15) is 0 Å². The van der Waals surface area contributed by atoms with E-state index >= 15 is 0 Å². The molecule has 0 saturated heterocycles. The number of phenols is 1. The van der Waals surface area contributed by atoms with Gasteiger partial charge < -0.3 is 9.83 Å². The smallest absolute Gasteiger partial charge is 0.150 e. The zero-order valence-corrected chi connectivity index (χ0v) is 7.19. The molecule has 0 fully saturated rings. The van der Waals surface area contributed by atoms with Crippen LogP contribution in [0.15, 0.2) is 18.2 Å². The van der Waals surface area contributed by atoms with Gasteiger partial charge in [-0.05, 0) is 12.1 Å². The van der Waals surface area contributed by atoms with Gasteiger partial charge in [0.2, 0.25) is 0 Å². The Morgan fingerprint density at radius 1 is 1.58 bits per heavy atom. The van der Waals surface area contributed by atoms with E-state index in [1.165, 1.54) is 18.4 Å². The fourth-order valence-corrected chi connectivity index (χ4v) is 1.22. The molecule has 1 aromatic rings. The number of phenolic OH excluding ortho intramolecular Hbond substituents is 1. The Morgan fingerprint density at radius 3 is 2.75 bits per heavy atom. The molecule has 0 heterocycles. The number of halogens is 1. The summed E-state index contributed by atoms with van der Waals surface area (Å²) in [5, 5.41) is 8.83. The van der Waals surface area contributed by atoms with Gasteiger partial charge in [-0.1, -0.05) is 0 Å². The third kappa shape index (κ3) is 2.20. The van der Waals surface area contributed by atoms with Crippen LogP contribution in [0.1, 0.15) is 0 Å². The molecule has 12 heavy (non-hydrogen) atoms. The highest BCUT2D eigenvalue weighted by atomic mass is 32.2. The summed E-state index contributed by atoms with van der Waals surface area (Å²) in [7, 11) is -1.31. The molecule has 1 atom stereocenters. The minimum atomic E-state index is -1.31. The van der Waals surface area contributed by atoms with Gasteiger partial charge in [0.15, 0.2) is 5.82 Å². The zero-order valence-electron chi connectivity index (χ0n) is 6.37. The Hall–Kier alpha value is -1.10. The van der Waals surface area contributed by atoms with Gasteiger partial charge in [0.05, 0.1) is 5.69 Å². The molecule has 0 saturated carbocycles. The topological polar surface area (TPSA) is 49.3 Å². The van der Waals surface area contributed by atoms with Crippen molar-refractivity contribution >= 4 is 16.7 Å². The van der Waals surface area contributed by atoms with Crippen molar-refractivity contribution in [2.45, 2.75) is 0 Å². The third-order valence-electron chi connectivity index (χ3n) is 1.21. The van der Waals surface area contributed by atoms with Crippen LogP contribution < -0.4 is 4.72 Å². The molecule has 1 unspecified atom stereocenters. The lowest BCUT2D eigenvalue weighted by Gasteiger charge is -2.03. The van der Waals surface area contributed by atoms with E-state index in [1.807, 2.05) is 0 Å². The quantitative estimate of drug-likeness (QED) is 0.687. The van der Waals surface area contributed by atoms with Crippen LogP contribution in [0.5, 0.6) is 5.75 Å². The summed E-state index contributed by atoms with van der Waals surface area (Å²) >= 11 is 0. The SMILES string of the molecule is CS(=O)Nc1ccc(O)cc1F. The van der Waals surface area contributed by atoms with Crippen molar-refractivity contribution < 1.29 is 13.7 Å². The second-order valence-corrected chi connectivity index (χ2v) is 3.33. The van der Waals surface area contributed by atoms with Gasteiger partial charge in [0.25, 0.3) is 0 Å². The van der Waals surface area contributed by atoms with Crippen LogP contribution in [0.4, 0.5) is 10.1 Å². The van der Waals surface area contributed by atoms with E-state index in [4.69, 9.17) is 5.11 Å². The highest BCUT2D eigenvalue weighted by Crippen LogP contribution is 2.19. The van der Waals surface area contributed by atoms with E-state index in [0.717, 1.165) is 6.07 Å². The minimum absolute atomic E-state index is 0.119. The van der Waals surface area contributed by atoms with Crippen molar-refractivity contribution in [3.05, 3.63) is 24.0 Å². The average Bonchev–Trinajstić information content (AvgIpc) is 1.94. The molecular weight excluding hydrogens is 181 g/mol. The van der Waals surface area contributed by atoms with Crippen molar-refractivity contribution in [3.63, 3.8) is 0 Å². The molecular formula is C7H8FNO2S. The second kappa shape index (κ2) is 3.53. The lowest BCUT2D eigenvalue weighted by molar-refractivity contribution is 0.469. The summed E-state index contributed by atoms with van der Waals surface area (Å²) < 4.78 is 25.9. The van der Waals surface area contributed by atoms with Gasteiger partial charge in [0.1, 0.15) is 16.7 Å². The first-order chi connectivity index (χ1) is 5.59. The highest BCUT2D eigenvalue weighted by Gasteiger charge is 2.02. The first-order valence-electron chi connectivity index (χ1n) is 3.18. The molecule has 0 bridgehead atoms. The average molecular weight is 189 g/mol. The molecule has 0 spiro atoms. The predicted octanol–water partition coefficient (Wildman–Crippen LogP) is 1.24. The van der Waals surface area contributed by atoms with Gasteiger partial charge in [-0.3, -0.25) is 0 Å². The largest absolute Gasteiger partial charge is 0.508 e. The molecule has 66 valence electrons. The fourth-order valence-electron chi connectivity index (χ4n) is 0.742. The van der Waals surface area contributed by atoms with E-state index in [0.29, 0.717) is 0 Å². The van der Waals surface area contributed by atoms with E-state index < -0.39 is 16.8 Å². The minimum Gasteiger partial charge on any atom is -0.508 e. The van der Waals surface area contributed by atoms with E-state index in [-0.39, 0.29) is 11.4 Å². The first-order valence-corrected chi connectivity index (χ1v) is 4.74. The number of benzene rings is 1. The number of anilines is 1. The van der Waals surface area contributed by atoms with Crippen molar-refractivity contribution in [1.82, 2.24) is 0 Å². The van der Waals surface area contributed by atoms with Crippen molar-refractivity contribution in [2.24, 2.45) is 0 Å². The van der Waals surface area contributed by atoms with Crippen molar-refractivity contribution in [2.75, 3.05) is 11.0 Å². The number of nitrogens with one attached hydrogen (secondary N) is 1. The summed E-state index contributed by atoms with van der Waals surface area (Å²) in [5.41, 5.74) is 0.119. The Labute approximate surface area is 71.8 Å². The van der Waals surface area contributed by atoms with Gasteiger partial charge in [-0.25, -0.2) is 8.60 Å². The van der Waals surface area contributed by atoms with Gasteiger partial charge in [-0.15, -0.1) is 0 Å². The number of aromatic hydroxyl groups is 1. The summed E-state index contributed by atoms with van der Waals surface area (Å²) in [5.74, 6) is -0.773. The van der Waals surface area contributed by atoms with Gasteiger partial charge in [0, 0.05) is 12.3 Å². The zero-order chi connectivity index (χ0) is 9.14. The second-order valence-electron chi connectivity index (χ2n) is 2.22. The van der Waals surface area contributed by atoms with E-state index in [9.17, 15) is 8.60 Å². The third-order valence-corrected chi connectivity index (χ3v) is 1.71. The monoisotopic (exact) mass is 189 g/mol.